The van der Waals surface area contributed by atoms with E-state index in [1.54, 1.807) is 0 Å². The van der Waals surface area contributed by atoms with E-state index in [0.717, 1.165) is 6.26 Å². The second-order valence-corrected chi connectivity index (χ2v) is 5.11. The van der Waals surface area contributed by atoms with Crippen LogP contribution >= 0.6 is 0 Å². The molecule has 1 rings (SSSR count). The smallest absolute Gasteiger partial charge is 0.404 e. The summed E-state index contributed by atoms with van der Waals surface area (Å²) in [4.78, 5) is 10.1. The van der Waals surface area contributed by atoms with Crippen molar-refractivity contribution in [2.45, 2.75) is 0 Å². The van der Waals surface area contributed by atoms with Gasteiger partial charge >= 0.3 is 6.09 Å². The fourth-order valence-corrected chi connectivity index (χ4v) is 2.12. The van der Waals surface area contributed by atoms with Gasteiger partial charge in [0, 0.05) is 25.6 Å². The van der Waals surface area contributed by atoms with Crippen LogP contribution in [-0.4, -0.2) is 49.8 Å². The zero-order valence-electron chi connectivity index (χ0n) is 7.23. The molecule has 7 heteroatoms. The Hall–Kier alpha value is -0.820. The van der Waals surface area contributed by atoms with Gasteiger partial charge in [-0.05, 0) is 0 Å². The highest BCUT2D eigenvalue weighted by atomic mass is 32.2. The molecular formula is C6H12N2O4S. The molecule has 0 aromatic heterocycles. The molecule has 1 saturated heterocycles. The van der Waals surface area contributed by atoms with Crippen molar-refractivity contribution in [3.8, 4) is 0 Å². The van der Waals surface area contributed by atoms with E-state index < -0.39 is 16.1 Å². The fraction of sp³-hybridized carbons (Fsp3) is 0.833. The van der Waals surface area contributed by atoms with Crippen molar-refractivity contribution < 1.29 is 18.3 Å². The first kappa shape index (κ1) is 10.3. The van der Waals surface area contributed by atoms with Crippen LogP contribution in [0.2, 0.25) is 0 Å². The summed E-state index contributed by atoms with van der Waals surface area (Å²) < 4.78 is 23.1. The third kappa shape index (κ3) is 2.85. The largest absolute Gasteiger partial charge is 0.465 e. The molecule has 0 bridgehead atoms. The Morgan fingerprint density at radius 1 is 1.62 bits per heavy atom. The number of nitrogens with zero attached hydrogens (tertiary/aromatic N) is 1. The van der Waals surface area contributed by atoms with Crippen molar-refractivity contribution >= 4 is 16.1 Å². The van der Waals surface area contributed by atoms with Gasteiger partial charge in [0.2, 0.25) is 10.0 Å². The van der Waals surface area contributed by atoms with E-state index in [-0.39, 0.29) is 5.92 Å². The van der Waals surface area contributed by atoms with E-state index in [4.69, 9.17) is 5.11 Å². The normalized spacial score (nSPS) is 19.5. The summed E-state index contributed by atoms with van der Waals surface area (Å²) in [6.07, 6.45) is 0.0752. The maximum absolute atomic E-state index is 10.9. The van der Waals surface area contributed by atoms with E-state index in [1.807, 2.05) is 0 Å². The first-order valence-electron chi connectivity index (χ1n) is 3.81. The third-order valence-electron chi connectivity index (χ3n) is 1.93. The van der Waals surface area contributed by atoms with Gasteiger partial charge in [0.25, 0.3) is 0 Å². The fourth-order valence-electron chi connectivity index (χ4n) is 1.15. The summed E-state index contributed by atoms with van der Waals surface area (Å²) >= 11 is 0. The zero-order chi connectivity index (χ0) is 10.1. The molecule has 0 aromatic carbocycles. The number of carboxylic acid groups (broad SMARTS) is 1. The Morgan fingerprint density at radius 2 is 2.15 bits per heavy atom. The molecule has 1 heterocycles. The van der Waals surface area contributed by atoms with E-state index >= 15 is 0 Å². The van der Waals surface area contributed by atoms with Gasteiger partial charge in [0.1, 0.15) is 0 Å². The molecule has 0 saturated carbocycles. The number of hydrogen-bond donors (Lipinski definition) is 2. The van der Waals surface area contributed by atoms with Crippen molar-refractivity contribution in [3.63, 3.8) is 0 Å². The lowest BCUT2D eigenvalue weighted by Crippen LogP contribution is -2.53. The standard InChI is InChI=1S/C6H12N2O4S/c1-13(11,12)8-3-5(4-8)2-7-6(9)10/h5,7H,2-4H2,1H3,(H,9,10). The lowest BCUT2D eigenvalue weighted by atomic mass is 10.0. The Balaban J connectivity index is 2.23. The number of sulfonamides is 1. The van der Waals surface area contributed by atoms with Crippen molar-refractivity contribution in [2.24, 2.45) is 5.92 Å². The Kier molecular flexibility index (Phi) is 2.77. The average molecular weight is 208 g/mol. The molecule has 0 unspecified atom stereocenters. The summed E-state index contributed by atoms with van der Waals surface area (Å²) in [5.74, 6) is 0.117. The maximum Gasteiger partial charge on any atom is 0.404 e. The van der Waals surface area contributed by atoms with Crippen LogP contribution in [0.3, 0.4) is 0 Å². The SMILES string of the molecule is CS(=O)(=O)N1CC(CNC(=O)O)C1. The predicted molar refractivity (Wildman–Crippen MR) is 45.9 cm³/mol. The van der Waals surface area contributed by atoms with Crippen LogP contribution in [0, 0.1) is 5.92 Å². The minimum atomic E-state index is -3.08. The molecule has 0 aromatic rings. The molecular weight excluding hydrogens is 196 g/mol. The second-order valence-electron chi connectivity index (χ2n) is 3.13. The van der Waals surface area contributed by atoms with Crippen LogP contribution in [-0.2, 0) is 10.0 Å². The third-order valence-corrected chi connectivity index (χ3v) is 3.17. The molecule has 1 aliphatic heterocycles. The van der Waals surface area contributed by atoms with Gasteiger partial charge in [-0.15, -0.1) is 0 Å². The Bertz CT molecular complexity index is 294. The molecule has 0 atom stereocenters. The summed E-state index contributed by atoms with van der Waals surface area (Å²) in [5.41, 5.74) is 0. The van der Waals surface area contributed by atoms with Gasteiger partial charge in [0.15, 0.2) is 0 Å². The summed E-state index contributed by atoms with van der Waals surface area (Å²) in [7, 11) is -3.08. The lowest BCUT2D eigenvalue weighted by molar-refractivity contribution is 0.173. The average Bonchev–Trinajstić information content (AvgIpc) is 1.79. The highest BCUT2D eigenvalue weighted by Crippen LogP contribution is 2.17. The molecule has 0 radical (unpaired) electrons. The van der Waals surface area contributed by atoms with Crippen LogP contribution in [0.1, 0.15) is 0 Å². The number of rotatable bonds is 3. The van der Waals surface area contributed by atoms with Crippen LogP contribution in [0.25, 0.3) is 0 Å². The summed E-state index contributed by atoms with van der Waals surface area (Å²) in [6.45, 7) is 1.15. The molecule has 1 aliphatic rings. The molecule has 13 heavy (non-hydrogen) atoms. The highest BCUT2D eigenvalue weighted by molar-refractivity contribution is 7.88. The van der Waals surface area contributed by atoms with Crippen molar-refractivity contribution in [3.05, 3.63) is 0 Å². The van der Waals surface area contributed by atoms with Gasteiger partial charge in [-0.3, -0.25) is 0 Å². The minimum Gasteiger partial charge on any atom is -0.465 e. The maximum atomic E-state index is 10.9. The first-order valence-corrected chi connectivity index (χ1v) is 5.66. The van der Waals surface area contributed by atoms with Gasteiger partial charge in [-0.25, -0.2) is 17.5 Å². The van der Waals surface area contributed by atoms with Crippen molar-refractivity contribution in [1.82, 2.24) is 9.62 Å². The lowest BCUT2D eigenvalue weighted by Gasteiger charge is -2.36. The number of carbonyl (C=O) groups is 1. The van der Waals surface area contributed by atoms with Crippen molar-refractivity contribution in [2.75, 3.05) is 25.9 Å². The van der Waals surface area contributed by atoms with Crippen LogP contribution < -0.4 is 5.32 Å². The van der Waals surface area contributed by atoms with E-state index in [0.29, 0.717) is 19.6 Å². The summed E-state index contributed by atoms with van der Waals surface area (Å²) in [5, 5.41) is 10.5. The molecule has 0 aliphatic carbocycles. The topological polar surface area (TPSA) is 86.7 Å². The monoisotopic (exact) mass is 208 g/mol. The van der Waals surface area contributed by atoms with Crippen LogP contribution in [0.15, 0.2) is 0 Å². The molecule has 2 N–H and O–H groups in total. The van der Waals surface area contributed by atoms with Gasteiger partial charge in [-0.2, -0.15) is 0 Å². The van der Waals surface area contributed by atoms with Crippen molar-refractivity contribution in [1.29, 1.82) is 0 Å². The Morgan fingerprint density at radius 3 is 2.54 bits per heavy atom. The zero-order valence-corrected chi connectivity index (χ0v) is 8.04. The minimum absolute atomic E-state index is 0.117. The van der Waals surface area contributed by atoms with E-state index in [9.17, 15) is 13.2 Å². The molecule has 1 fully saturated rings. The number of nitrogens with one attached hydrogen (secondary N) is 1. The Labute approximate surface area is 76.6 Å². The van der Waals surface area contributed by atoms with Crippen LogP contribution in [0.4, 0.5) is 4.79 Å². The van der Waals surface area contributed by atoms with Gasteiger partial charge in [0.05, 0.1) is 6.26 Å². The van der Waals surface area contributed by atoms with E-state index in [2.05, 4.69) is 5.32 Å². The van der Waals surface area contributed by atoms with Gasteiger partial charge < -0.3 is 10.4 Å². The highest BCUT2D eigenvalue weighted by Gasteiger charge is 2.32. The molecule has 0 spiro atoms. The first-order chi connectivity index (χ1) is 5.89. The predicted octanol–water partition coefficient (Wildman–Crippen LogP) is -0.855. The van der Waals surface area contributed by atoms with Gasteiger partial charge in [-0.1, -0.05) is 0 Å². The molecule has 1 amide bonds. The molecule has 76 valence electrons. The molecule has 6 nitrogen and oxygen atoms in total. The number of amides is 1. The number of hydrogen-bond acceptors (Lipinski definition) is 3. The summed E-state index contributed by atoms with van der Waals surface area (Å²) in [6, 6.07) is 0. The second kappa shape index (κ2) is 3.51. The van der Waals surface area contributed by atoms with Crippen LogP contribution in [0.5, 0.6) is 0 Å². The quantitative estimate of drug-likeness (QED) is 0.632. The van der Waals surface area contributed by atoms with E-state index in [1.165, 1.54) is 4.31 Å².